The molecule has 2 rings (SSSR count). The van der Waals surface area contributed by atoms with Gasteiger partial charge in [0, 0.05) is 13.0 Å². The molecule has 1 fully saturated rings. The minimum atomic E-state index is -4.18. The molecule has 3 nitrogen and oxygen atoms in total. The smallest absolute Gasteiger partial charge is 0.322 e. The Balaban J connectivity index is 2.08. The van der Waals surface area contributed by atoms with E-state index in [4.69, 9.17) is 0 Å². The van der Waals surface area contributed by atoms with Gasteiger partial charge in [0.1, 0.15) is 6.17 Å². The molecule has 0 aromatic heterocycles. The van der Waals surface area contributed by atoms with E-state index in [-0.39, 0.29) is 31.1 Å². The second kappa shape index (κ2) is 6.47. The zero-order valence-corrected chi connectivity index (χ0v) is 11.9. The van der Waals surface area contributed by atoms with Crippen LogP contribution in [0.1, 0.15) is 37.9 Å². The topological polar surface area (TPSA) is 32.3 Å². The van der Waals surface area contributed by atoms with Gasteiger partial charge in [-0.2, -0.15) is 13.2 Å². The van der Waals surface area contributed by atoms with Gasteiger partial charge in [0.25, 0.3) is 0 Å². The van der Waals surface area contributed by atoms with Crippen molar-refractivity contribution in [2.24, 2.45) is 0 Å². The molecule has 2 unspecified atom stereocenters. The predicted molar refractivity (Wildman–Crippen MR) is 73.4 cm³/mol. The van der Waals surface area contributed by atoms with Crippen molar-refractivity contribution in [1.29, 1.82) is 0 Å². The molecule has 6 heteroatoms. The molecule has 2 atom stereocenters. The Hall–Kier alpha value is -1.56. The first kappa shape index (κ1) is 15.8. The summed E-state index contributed by atoms with van der Waals surface area (Å²) in [5.41, 5.74) is 0.897. The first-order valence-electron chi connectivity index (χ1n) is 7.10. The molecule has 0 radical (unpaired) electrons. The van der Waals surface area contributed by atoms with Crippen LogP contribution in [0.5, 0.6) is 0 Å². The van der Waals surface area contributed by atoms with Crippen molar-refractivity contribution in [1.82, 2.24) is 10.2 Å². The summed E-state index contributed by atoms with van der Waals surface area (Å²) in [5.74, 6) is -0.117. The second-order valence-corrected chi connectivity index (χ2v) is 5.19. The van der Waals surface area contributed by atoms with E-state index in [9.17, 15) is 18.0 Å². The Morgan fingerprint density at radius 3 is 2.48 bits per heavy atom. The van der Waals surface area contributed by atoms with Gasteiger partial charge < -0.3 is 4.90 Å². The van der Waals surface area contributed by atoms with Crippen LogP contribution in [0.3, 0.4) is 0 Å². The number of benzene rings is 1. The third kappa shape index (κ3) is 3.97. The fourth-order valence-corrected chi connectivity index (χ4v) is 2.57. The van der Waals surface area contributed by atoms with Crippen LogP contribution in [0.2, 0.25) is 0 Å². The third-order valence-corrected chi connectivity index (χ3v) is 3.63. The van der Waals surface area contributed by atoms with Crippen molar-refractivity contribution < 1.29 is 18.0 Å². The van der Waals surface area contributed by atoms with Gasteiger partial charge in [-0.15, -0.1) is 0 Å². The quantitative estimate of drug-likeness (QED) is 0.905. The van der Waals surface area contributed by atoms with Crippen LogP contribution in [-0.2, 0) is 4.79 Å². The molecule has 21 heavy (non-hydrogen) atoms. The van der Waals surface area contributed by atoms with Crippen LogP contribution >= 0.6 is 0 Å². The first-order chi connectivity index (χ1) is 9.92. The lowest BCUT2D eigenvalue weighted by Crippen LogP contribution is -2.32. The number of hydrogen-bond acceptors (Lipinski definition) is 2. The molecule has 0 aliphatic carbocycles. The molecular weight excluding hydrogens is 281 g/mol. The van der Waals surface area contributed by atoms with Crippen molar-refractivity contribution in [3.63, 3.8) is 0 Å². The highest BCUT2D eigenvalue weighted by Crippen LogP contribution is 2.28. The Labute approximate surface area is 122 Å². The highest BCUT2D eigenvalue weighted by molar-refractivity contribution is 5.84. The zero-order chi connectivity index (χ0) is 15.5. The molecule has 1 amide bonds. The lowest BCUT2D eigenvalue weighted by Gasteiger charge is -2.24. The van der Waals surface area contributed by atoms with E-state index in [1.54, 1.807) is 0 Å². The van der Waals surface area contributed by atoms with E-state index >= 15 is 0 Å². The number of alkyl halides is 3. The van der Waals surface area contributed by atoms with Crippen LogP contribution < -0.4 is 5.32 Å². The Kier molecular flexibility index (Phi) is 4.88. The minimum absolute atomic E-state index is 0.0727. The fraction of sp³-hybridized carbons (Fsp3) is 0.533. The van der Waals surface area contributed by atoms with Gasteiger partial charge >= 0.3 is 6.18 Å². The Bertz CT molecular complexity index is 476. The largest absolute Gasteiger partial charge is 0.389 e. The van der Waals surface area contributed by atoms with Gasteiger partial charge in [-0.3, -0.25) is 10.1 Å². The van der Waals surface area contributed by atoms with Gasteiger partial charge in [-0.25, -0.2) is 0 Å². The molecular formula is C15H19F3N2O. The molecule has 116 valence electrons. The van der Waals surface area contributed by atoms with Gasteiger partial charge in [-0.1, -0.05) is 37.3 Å². The number of nitrogens with zero attached hydrogens (tertiary/aromatic N) is 1. The van der Waals surface area contributed by atoms with Crippen molar-refractivity contribution in [3.8, 4) is 0 Å². The SMILES string of the molecule is CCC1NC(c2ccccc2)N(CCCC(F)(F)F)C1=O. The molecule has 1 heterocycles. The van der Waals surface area contributed by atoms with E-state index in [1.165, 1.54) is 4.90 Å². The monoisotopic (exact) mass is 300 g/mol. The summed E-state index contributed by atoms with van der Waals surface area (Å²) in [6.07, 6.45) is -4.83. The number of hydrogen-bond donors (Lipinski definition) is 1. The molecule has 1 aromatic carbocycles. The third-order valence-electron chi connectivity index (χ3n) is 3.63. The number of carbonyl (C=O) groups is 1. The lowest BCUT2D eigenvalue weighted by atomic mass is 10.1. The van der Waals surface area contributed by atoms with Crippen LogP contribution in [0.15, 0.2) is 30.3 Å². The van der Waals surface area contributed by atoms with E-state index in [1.807, 2.05) is 37.3 Å². The van der Waals surface area contributed by atoms with Crippen LogP contribution in [0.25, 0.3) is 0 Å². The summed E-state index contributed by atoms with van der Waals surface area (Å²) in [5, 5.41) is 3.20. The van der Waals surface area contributed by atoms with E-state index in [0.717, 1.165) is 5.56 Å². The highest BCUT2D eigenvalue weighted by atomic mass is 19.4. The van der Waals surface area contributed by atoms with Crippen molar-refractivity contribution in [2.75, 3.05) is 6.54 Å². The summed E-state index contributed by atoms with van der Waals surface area (Å²) >= 11 is 0. The van der Waals surface area contributed by atoms with Gasteiger partial charge in [0.2, 0.25) is 5.91 Å². The van der Waals surface area contributed by atoms with Gasteiger partial charge in [0.05, 0.1) is 6.04 Å². The summed E-state index contributed by atoms with van der Waals surface area (Å²) in [4.78, 5) is 13.8. The molecule has 1 saturated heterocycles. The van der Waals surface area contributed by atoms with E-state index in [0.29, 0.717) is 6.42 Å². The van der Waals surface area contributed by atoms with Gasteiger partial charge in [-0.05, 0) is 18.4 Å². The van der Waals surface area contributed by atoms with Crippen molar-refractivity contribution in [3.05, 3.63) is 35.9 Å². The summed E-state index contributed by atoms with van der Waals surface area (Å²) < 4.78 is 36.8. The second-order valence-electron chi connectivity index (χ2n) is 5.19. The Morgan fingerprint density at radius 2 is 1.90 bits per heavy atom. The van der Waals surface area contributed by atoms with Gasteiger partial charge in [0.15, 0.2) is 0 Å². The first-order valence-corrected chi connectivity index (χ1v) is 7.10. The number of rotatable bonds is 5. The van der Waals surface area contributed by atoms with E-state index in [2.05, 4.69) is 5.32 Å². The molecule has 1 aliphatic rings. The fourth-order valence-electron chi connectivity index (χ4n) is 2.57. The predicted octanol–water partition coefficient (Wildman–Crippen LogP) is 3.24. The summed E-state index contributed by atoms with van der Waals surface area (Å²) in [7, 11) is 0. The maximum absolute atomic E-state index is 12.3. The highest BCUT2D eigenvalue weighted by Gasteiger charge is 2.38. The number of carbonyl (C=O) groups excluding carboxylic acids is 1. The van der Waals surface area contributed by atoms with Crippen molar-refractivity contribution >= 4 is 5.91 Å². The lowest BCUT2D eigenvalue weighted by molar-refractivity contribution is -0.140. The average Bonchev–Trinajstić information content (AvgIpc) is 2.75. The molecule has 0 spiro atoms. The maximum atomic E-state index is 12.3. The van der Waals surface area contributed by atoms with Crippen LogP contribution in [0, 0.1) is 0 Å². The summed E-state index contributed by atoms with van der Waals surface area (Å²) in [6, 6.07) is 9.01. The molecule has 1 aromatic rings. The number of halogens is 3. The normalized spacial score (nSPS) is 22.9. The Morgan fingerprint density at radius 1 is 1.24 bits per heavy atom. The zero-order valence-electron chi connectivity index (χ0n) is 11.9. The molecule has 1 N–H and O–H groups in total. The number of nitrogens with one attached hydrogen (secondary N) is 1. The standard InChI is InChI=1S/C15H19F3N2O/c1-2-12-14(21)20(10-6-9-15(16,17)18)13(19-12)11-7-4-3-5-8-11/h3-5,7-8,12-13,19H,2,6,9-10H2,1H3. The maximum Gasteiger partial charge on any atom is 0.389 e. The molecule has 0 saturated carbocycles. The number of amides is 1. The van der Waals surface area contributed by atoms with Crippen LogP contribution in [0.4, 0.5) is 13.2 Å². The minimum Gasteiger partial charge on any atom is -0.322 e. The van der Waals surface area contributed by atoms with E-state index < -0.39 is 12.6 Å². The summed E-state index contributed by atoms with van der Waals surface area (Å²) in [6.45, 7) is 2.00. The van der Waals surface area contributed by atoms with Crippen molar-refractivity contribution in [2.45, 2.75) is 44.6 Å². The molecule has 0 bridgehead atoms. The molecule has 1 aliphatic heterocycles. The average molecular weight is 300 g/mol. The van der Waals surface area contributed by atoms with Crippen LogP contribution in [-0.4, -0.2) is 29.6 Å².